The normalized spacial score (nSPS) is 19.8. The third-order valence-corrected chi connectivity index (χ3v) is 2.00. The molecule has 0 spiro atoms. The van der Waals surface area contributed by atoms with Crippen LogP contribution in [-0.2, 0) is 9.47 Å². The highest BCUT2D eigenvalue weighted by molar-refractivity contribution is 5.18. The first kappa shape index (κ1) is 9.49. The fraction of sp³-hybridized carbons (Fsp3) is 0.600. The number of hydrogen-bond acceptors (Lipinski definition) is 2. The van der Waals surface area contributed by atoms with Crippen LogP contribution in [0.5, 0.6) is 0 Å². The molecule has 0 aromatic heterocycles. The minimum Gasteiger partial charge on any atom is -0.383 e. The molecule has 0 saturated carbocycles. The van der Waals surface area contributed by atoms with Crippen molar-refractivity contribution >= 4 is 0 Å². The van der Waals surface area contributed by atoms with Gasteiger partial charge in [-0.05, 0) is 6.42 Å². The van der Waals surface area contributed by atoms with E-state index in [1.807, 2.05) is 0 Å². The second-order valence-electron chi connectivity index (χ2n) is 3.14. The first-order chi connectivity index (χ1) is 5.83. The van der Waals surface area contributed by atoms with Crippen molar-refractivity contribution in [2.75, 3.05) is 27.4 Å². The summed E-state index contributed by atoms with van der Waals surface area (Å²) in [4.78, 5) is 0. The molecule has 68 valence electrons. The monoisotopic (exact) mass is 168 g/mol. The maximum absolute atomic E-state index is 5.15. The van der Waals surface area contributed by atoms with Gasteiger partial charge in [-0.2, -0.15) is 0 Å². The lowest BCUT2D eigenvalue weighted by Crippen LogP contribution is -2.28. The molecule has 2 heteroatoms. The van der Waals surface area contributed by atoms with Crippen molar-refractivity contribution < 1.29 is 9.47 Å². The molecule has 2 nitrogen and oxygen atoms in total. The van der Waals surface area contributed by atoms with Crippen molar-refractivity contribution in [1.29, 1.82) is 0 Å². The molecule has 0 radical (unpaired) electrons. The Kier molecular flexibility index (Phi) is 3.50. The van der Waals surface area contributed by atoms with Crippen molar-refractivity contribution in [2.45, 2.75) is 6.42 Å². The van der Waals surface area contributed by atoms with Crippen molar-refractivity contribution in [3.8, 4) is 0 Å². The molecule has 0 aromatic carbocycles. The molecule has 0 atom stereocenters. The Bertz CT molecular complexity index is 162. The van der Waals surface area contributed by atoms with Crippen molar-refractivity contribution in [3.05, 3.63) is 24.3 Å². The third-order valence-electron chi connectivity index (χ3n) is 2.00. The summed E-state index contributed by atoms with van der Waals surface area (Å²) < 4.78 is 10.3. The lowest BCUT2D eigenvalue weighted by molar-refractivity contribution is 0.0668. The molecule has 0 saturated heterocycles. The molecule has 0 unspecified atom stereocenters. The van der Waals surface area contributed by atoms with Gasteiger partial charge >= 0.3 is 0 Å². The maximum Gasteiger partial charge on any atom is 0.0610 e. The van der Waals surface area contributed by atoms with Crippen LogP contribution >= 0.6 is 0 Å². The topological polar surface area (TPSA) is 18.5 Å². The highest BCUT2D eigenvalue weighted by atomic mass is 16.5. The molecule has 1 rings (SSSR count). The van der Waals surface area contributed by atoms with Gasteiger partial charge in [0.15, 0.2) is 0 Å². The van der Waals surface area contributed by atoms with E-state index in [2.05, 4.69) is 24.3 Å². The van der Waals surface area contributed by atoms with Crippen molar-refractivity contribution in [3.63, 3.8) is 0 Å². The quantitative estimate of drug-likeness (QED) is 0.596. The fourth-order valence-corrected chi connectivity index (χ4v) is 1.51. The van der Waals surface area contributed by atoms with E-state index in [1.54, 1.807) is 14.2 Å². The molecule has 12 heavy (non-hydrogen) atoms. The average molecular weight is 168 g/mol. The second-order valence-corrected chi connectivity index (χ2v) is 3.14. The number of hydrogen-bond donors (Lipinski definition) is 0. The van der Waals surface area contributed by atoms with Crippen LogP contribution in [0, 0.1) is 5.41 Å². The van der Waals surface area contributed by atoms with Crippen LogP contribution in [0.1, 0.15) is 6.42 Å². The summed E-state index contributed by atoms with van der Waals surface area (Å²) in [7, 11) is 3.43. The molecular weight excluding hydrogens is 152 g/mol. The summed E-state index contributed by atoms with van der Waals surface area (Å²) in [6, 6.07) is 0. The minimum absolute atomic E-state index is 0.0260. The van der Waals surface area contributed by atoms with Crippen LogP contribution in [0.3, 0.4) is 0 Å². The number of rotatable bonds is 4. The highest BCUT2D eigenvalue weighted by Gasteiger charge is 2.24. The van der Waals surface area contributed by atoms with Crippen molar-refractivity contribution in [1.82, 2.24) is 0 Å². The summed E-state index contributed by atoms with van der Waals surface area (Å²) in [5.74, 6) is 0. The molecule has 0 N–H and O–H groups in total. The molecular formula is C10H16O2. The van der Waals surface area contributed by atoms with Crippen LogP contribution in [0.2, 0.25) is 0 Å². The van der Waals surface area contributed by atoms with Crippen LogP contribution in [0.4, 0.5) is 0 Å². The molecule has 0 aliphatic heterocycles. The van der Waals surface area contributed by atoms with E-state index < -0.39 is 0 Å². The van der Waals surface area contributed by atoms with Gasteiger partial charge in [-0.15, -0.1) is 0 Å². The smallest absolute Gasteiger partial charge is 0.0610 e. The van der Waals surface area contributed by atoms with Gasteiger partial charge < -0.3 is 9.47 Å². The van der Waals surface area contributed by atoms with E-state index in [4.69, 9.17) is 9.47 Å². The number of methoxy groups -OCH3 is 2. The largest absolute Gasteiger partial charge is 0.383 e. The van der Waals surface area contributed by atoms with E-state index in [9.17, 15) is 0 Å². The van der Waals surface area contributed by atoms with Crippen LogP contribution < -0.4 is 0 Å². The summed E-state index contributed by atoms with van der Waals surface area (Å²) in [5.41, 5.74) is -0.0260. The van der Waals surface area contributed by atoms with Gasteiger partial charge in [0, 0.05) is 14.2 Å². The minimum atomic E-state index is -0.0260. The van der Waals surface area contributed by atoms with Gasteiger partial charge in [0.2, 0.25) is 0 Å². The van der Waals surface area contributed by atoms with E-state index in [1.165, 1.54) is 0 Å². The van der Waals surface area contributed by atoms with Crippen LogP contribution in [0.15, 0.2) is 24.3 Å². The number of ether oxygens (including phenoxy) is 2. The van der Waals surface area contributed by atoms with E-state index in [0.29, 0.717) is 13.2 Å². The Hall–Kier alpha value is -0.600. The molecule has 1 aliphatic carbocycles. The predicted octanol–water partition coefficient (Wildman–Crippen LogP) is 1.78. The summed E-state index contributed by atoms with van der Waals surface area (Å²) in [5, 5.41) is 0. The molecule has 0 heterocycles. The van der Waals surface area contributed by atoms with Crippen molar-refractivity contribution in [2.24, 2.45) is 5.41 Å². The summed E-state index contributed by atoms with van der Waals surface area (Å²) in [6.45, 7) is 1.38. The second kappa shape index (κ2) is 4.43. The maximum atomic E-state index is 5.15. The Morgan fingerprint density at radius 3 is 2.00 bits per heavy atom. The van der Waals surface area contributed by atoms with Crippen LogP contribution in [-0.4, -0.2) is 27.4 Å². The Balaban J connectivity index is 2.63. The van der Waals surface area contributed by atoms with Gasteiger partial charge in [0.25, 0.3) is 0 Å². The molecule has 0 aromatic rings. The van der Waals surface area contributed by atoms with Gasteiger partial charge in [-0.3, -0.25) is 0 Å². The van der Waals surface area contributed by atoms with E-state index in [0.717, 1.165) is 6.42 Å². The van der Waals surface area contributed by atoms with Gasteiger partial charge in [0.1, 0.15) is 0 Å². The Morgan fingerprint density at radius 2 is 1.58 bits per heavy atom. The predicted molar refractivity (Wildman–Crippen MR) is 49.1 cm³/mol. The highest BCUT2D eigenvalue weighted by Crippen LogP contribution is 2.25. The van der Waals surface area contributed by atoms with Gasteiger partial charge in [-0.1, -0.05) is 24.3 Å². The standard InChI is InChI=1S/C10H16O2/c1-11-8-10(9-12-2)6-4-3-5-7-10/h4-7H,3,8-9H2,1-2H3. The average Bonchev–Trinajstić information content (AvgIpc) is 2.07. The molecule has 0 fully saturated rings. The van der Waals surface area contributed by atoms with Crippen LogP contribution in [0.25, 0.3) is 0 Å². The Labute approximate surface area is 73.9 Å². The van der Waals surface area contributed by atoms with Gasteiger partial charge in [0.05, 0.1) is 18.6 Å². The molecule has 1 aliphatic rings. The zero-order chi connectivity index (χ0) is 8.86. The van der Waals surface area contributed by atoms with Gasteiger partial charge in [-0.25, -0.2) is 0 Å². The SMILES string of the molecule is COCC1(COC)C=CCC=C1. The Morgan fingerprint density at radius 1 is 1.08 bits per heavy atom. The number of allylic oxidation sites excluding steroid dienone is 2. The fourth-order valence-electron chi connectivity index (χ4n) is 1.51. The first-order valence-electron chi connectivity index (χ1n) is 4.16. The van der Waals surface area contributed by atoms with E-state index in [-0.39, 0.29) is 5.41 Å². The lowest BCUT2D eigenvalue weighted by Gasteiger charge is -2.27. The summed E-state index contributed by atoms with van der Waals surface area (Å²) in [6.07, 6.45) is 9.66. The van der Waals surface area contributed by atoms with E-state index >= 15 is 0 Å². The summed E-state index contributed by atoms with van der Waals surface area (Å²) >= 11 is 0. The third kappa shape index (κ3) is 2.19. The molecule has 0 amide bonds. The zero-order valence-corrected chi connectivity index (χ0v) is 7.75. The first-order valence-corrected chi connectivity index (χ1v) is 4.16. The molecule has 0 bridgehead atoms. The zero-order valence-electron chi connectivity index (χ0n) is 7.75. The lowest BCUT2D eigenvalue weighted by atomic mass is 9.86.